The van der Waals surface area contributed by atoms with Gasteiger partial charge in [-0.05, 0) is 43.9 Å². The van der Waals surface area contributed by atoms with Gasteiger partial charge in [-0.25, -0.2) is 4.79 Å². The molecule has 0 saturated heterocycles. The molecular formula is C15H18ClNO4. The first-order valence-corrected chi connectivity index (χ1v) is 7.19. The van der Waals surface area contributed by atoms with Crippen molar-refractivity contribution >= 4 is 23.5 Å². The van der Waals surface area contributed by atoms with Gasteiger partial charge in [0.25, 0.3) is 5.91 Å². The molecule has 1 aromatic carbocycles. The summed E-state index contributed by atoms with van der Waals surface area (Å²) in [5.74, 6) is 0.303. The van der Waals surface area contributed by atoms with Crippen molar-refractivity contribution in [3.05, 3.63) is 28.8 Å². The number of nitrogens with one attached hydrogen (secondary N) is 1. The minimum Gasteiger partial charge on any atom is -0.482 e. The maximum absolute atomic E-state index is 11.7. The van der Waals surface area contributed by atoms with Gasteiger partial charge in [0, 0.05) is 6.04 Å². The van der Waals surface area contributed by atoms with Crippen LogP contribution in [-0.4, -0.2) is 31.6 Å². The molecule has 5 nitrogen and oxygen atoms in total. The van der Waals surface area contributed by atoms with Crippen LogP contribution in [0.1, 0.15) is 30.1 Å². The van der Waals surface area contributed by atoms with Crippen molar-refractivity contribution in [2.75, 3.05) is 13.7 Å². The Labute approximate surface area is 128 Å². The minimum atomic E-state index is -0.473. The zero-order valence-corrected chi connectivity index (χ0v) is 12.8. The van der Waals surface area contributed by atoms with E-state index in [-0.39, 0.29) is 23.6 Å². The van der Waals surface area contributed by atoms with Crippen LogP contribution in [0, 0.1) is 5.92 Å². The number of halogens is 1. The molecule has 1 aliphatic rings. The number of rotatable bonds is 6. The monoisotopic (exact) mass is 311 g/mol. The van der Waals surface area contributed by atoms with E-state index in [2.05, 4.69) is 10.1 Å². The van der Waals surface area contributed by atoms with Gasteiger partial charge in [-0.1, -0.05) is 11.6 Å². The Morgan fingerprint density at radius 3 is 2.71 bits per heavy atom. The summed E-state index contributed by atoms with van der Waals surface area (Å²) in [6.07, 6.45) is 2.34. The number of amides is 1. The van der Waals surface area contributed by atoms with Crippen LogP contribution in [0.15, 0.2) is 18.2 Å². The minimum absolute atomic E-state index is 0.103. The Hall–Kier alpha value is -1.75. The van der Waals surface area contributed by atoms with Gasteiger partial charge >= 0.3 is 5.97 Å². The third-order valence-corrected chi connectivity index (χ3v) is 3.72. The Morgan fingerprint density at radius 1 is 1.43 bits per heavy atom. The van der Waals surface area contributed by atoms with Crippen molar-refractivity contribution in [2.45, 2.75) is 25.8 Å². The molecule has 2 rings (SSSR count). The fourth-order valence-corrected chi connectivity index (χ4v) is 2.25. The van der Waals surface area contributed by atoms with E-state index in [0.29, 0.717) is 17.2 Å². The highest BCUT2D eigenvalue weighted by Gasteiger charge is 2.28. The van der Waals surface area contributed by atoms with Crippen molar-refractivity contribution in [1.29, 1.82) is 0 Å². The van der Waals surface area contributed by atoms with Gasteiger partial charge < -0.3 is 14.8 Å². The summed E-state index contributed by atoms with van der Waals surface area (Å²) in [6.45, 7) is 1.89. The van der Waals surface area contributed by atoms with E-state index in [1.54, 1.807) is 6.07 Å². The van der Waals surface area contributed by atoms with E-state index in [1.807, 2.05) is 6.92 Å². The lowest BCUT2D eigenvalue weighted by atomic mass is 10.2. The molecule has 0 radical (unpaired) electrons. The van der Waals surface area contributed by atoms with Gasteiger partial charge in [-0.2, -0.15) is 0 Å². The summed E-state index contributed by atoms with van der Waals surface area (Å²) in [4.78, 5) is 23.1. The number of benzene rings is 1. The SMILES string of the molecule is COC(=O)c1ccc(OCC(=O)N[C@@H](C)C2CC2)c(Cl)c1. The van der Waals surface area contributed by atoms with Crippen molar-refractivity contribution in [3.8, 4) is 5.75 Å². The van der Waals surface area contributed by atoms with Gasteiger partial charge in [0.1, 0.15) is 5.75 Å². The van der Waals surface area contributed by atoms with Crippen molar-refractivity contribution < 1.29 is 19.1 Å². The smallest absolute Gasteiger partial charge is 0.337 e. The fraction of sp³-hybridized carbons (Fsp3) is 0.467. The maximum atomic E-state index is 11.7. The average molecular weight is 312 g/mol. The number of hydrogen-bond acceptors (Lipinski definition) is 4. The summed E-state index contributed by atoms with van der Waals surface area (Å²) >= 11 is 6.02. The first-order valence-electron chi connectivity index (χ1n) is 6.81. The second-order valence-corrected chi connectivity index (χ2v) is 5.53. The van der Waals surface area contributed by atoms with E-state index in [0.717, 1.165) is 0 Å². The maximum Gasteiger partial charge on any atom is 0.337 e. The first kappa shape index (κ1) is 15.6. The van der Waals surface area contributed by atoms with Gasteiger partial charge in [-0.3, -0.25) is 4.79 Å². The molecular weight excluding hydrogens is 294 g/mol. The predicted octanol–water partition coefficient (Wildman–Crippen LogP) is 2.42. The molecule has 1 N–H and O–H groups in total. The summed E-state index contributed by atoms with van der Waals surface area (Å²) in [7, 11) is 1.30. The van der Waals surface area contributed by atoms with E-state index in [4.69, 9.17) is 16.3 Å². The molecule has 1 aromatic rings. The Balaban J connectivity index is 1.87. The van der Waals surface area contributed by atoms with Gasteiger partial charge in [-0.15, -0.1) is 0 Å². The number of esters is 1. The molecule has 21 heavy (non-hydrogen) atoms. The predicted molar refractivity (Wildman–Crippen MR) is 78.6 cm³/mol. The van der Waals surface area contributed by atoms with Crippen molar-refractivity contribution in [2.24, 2.45) is 5.92 Å². The van der Waals surface area contributed by atoms with Crippen LogP contribution in [0.5, 0.6) is 5.75 Å². The fourth-order valence-electron chi connectivity index (χ4n) is 2.02. The van der Waals surface area contributed by atoms with Crippen LogP contribution in [0.4, 0.5) is 0 Å². The third-order valence-electron chi connectivity index (χ3n) is 3.43. The first-order chi connectivity index (χ1) is 10.0. The van der Waals surface area contributed by atoms with Crippen LogP contribution in [-0.2, 0) is 9.53 Å². The van der Waals surface area contributed by atoms with Gasteiger partial charge in [0.2, 0.25) is 0 Å². The zero-order valence-electron chi connectivity index (χ0n) is 12.0. The van der Waals surface area contributed by atoms with Crippen LogP contribution in [0.2, 0.25) is 5.02 Å². The van der Waals surface area contributed by atoms with Gasteiger partial charge in [0.15, 0.2) is 6.61 Å². The summed E-state index contributed by atoms with van der Waals surface area (Å²) < 4.78 is 9.97. The summed E-state index contributed by atoms with van der Waals surface area (Å²) in [6, 6.07) is 4.72. The topological polar surface area (TPSA) is 64.6 Å². The van der Waals surface area contributed by atoms with Crippen LogP contribution < -0.4 is 10.1 Å². The Kier molecular flexibility index (Phi) is 5.07. The molecule has 0 aliphatic heterocycles. The van der Waals surface area contributed by atoms with Crippen molar-refractivity contribution in [1.82, 2.24) is 5.32 Å². The molecule has 0 spiro atoms. The van der Waals surface area contributed by atoms with Crippen molar-refractivity contribution in [3.63, 3.8) is 0 Å². The number of hydrogen-bond donors (Lipinski definition) is 1. The molecule has 0 aromatic heterocycles. The Bertz CT molecular complexity index is 542. The second-order valence-electron chi connectivity index (χ2n) is 5.12. The van der Waals surface area contributed by atoms with E-state index in [9.17, 15) is 9.59 Å². The molecule has 114 valence electrons. The highest BCUT2D eigenvalue weighted by Crippen LogP contribution is 2.32. The molecule has 1 saturated carbocycles. The number of methoxy groups -OCH3 is 1. The van der Waals surface area contributed by atoms with E-state index < -0.39 is 5.97 Å². The number of carbonyl (C=O) groups excluding carboxylic acids is 2. The largest absolute Gasteiger partial charge is 0.482 e. The highest BCUT2D eigenvalue weighted by molar-refractivity contribution is 6.32. The molecule has 1 fully saturated rings. The Morgan fingerprint density at radius 2 is 2.14 bits per heavy atom. The summed E-state index contributed by atoms with van der Waals surface area (Å²) in [5, 5.41) is 3.15. The standard InChI is InChI=1S/C15H18ClNO4/c1-9(10-3-4-10)17-14(18)8-21-13-6-5-11(7-12(13)16)15(19)20-2/h5-7,9-10H,3-4,8H2,1-2H3,(H,17,18)/t9-/m0/s1. The normalized spacial score (nSPS) is 15.2. The second kappa shape index (κ2) is 6.80. The van der Waals surface area contributed by atoms with E-state index in [1.165, 1.54) is 32.1 Å². The van der Waals surface area contributed by atoms with Crippen LogP contribution in [0.25, 0.3) is 0 Å². The van der Waals surface area contributed by atoms with Gasteiger partial charge in [0.05, 0.1) is 17.7 Å². The molecule has 0 heterocycles. The lowest BCUT2D eigenvalue weighted by molar-refractivity contribution is -0.123. The third kappa shape index (κ3) is 4.36. The molecule has 0 unspecified atom stereocenters. The average Bonchev–Trinajstić information content (AvgIpc) is 3.29. The lowest BCUT2D eigenvalue weighted by Crippen LogP contribution is -2.37. The quantitative estimate of drug-likeness (QED) is 0.819. The molecule has 1 atom stereocenters. The molecule has 1 amide bonds. The molecule has 6 heteroatoms. The molecule has 1 aliphatic carbocycles. The van der Waals surface area contributed by atoms with Crippen LogP contribution >= 0.6 is 11.6 Å². The highest BCUT2D eigenvalue weighted by atomic mass is 35.5. The lowest BCUT2D eigenvalue weighted by Gasteiger charge is -2.13. The number of carbonyl (C=O) groups is 2. The van der Waals surface area contributed by atoms with E-state index >= 15 is 0 Å². The molecule has 0 bridgehead atoms. The van der Waals surface area contributed by atoms with Crippen LogP contribution in [0.3, 0.4) is 0 Å². The number of ether oxygens (including phenoxy) is 2. The summed E-state index contributed by atoms with van der Waals surface area (Å²) in [5.41, 5.74) is 0.335. The zero-order chi connectivity index (χ0) is 15.4.